The largest absolute Gasteiger partial charge is 0.416 e. The van der Waals surface area contributed by atoms with Gasteiger partial charge in [0.2, 0.25) is 0 Å². The second-order valence-corrected chi connectivity index (χ2v) is 4.64. The summed E-state index contributed by atoms with van der Waals surface area (Å²) in [5, 5.41) is 0. The smallest absolute Gasteiger partial charge is 0.271 e. The Morgan fingerprint density at radius 3 is 2.42 bits per heavy atom. The summed E-state index contributed by atoms with van der Waals surface area (Å²) >= 11 is 0. The van der Waals surface area contributed by atoms with Gasteiger partial charge in [0.15, 0.2) is 0 Å². The van der Waals surface area contributed by atoms with E-state index in [4.69, 9.17) is 5.84 Å². The molecule has 0 bridgehead atoms. The quantitative estimate of drug-likeness (QED) is 0.488. The lowest BCUT2D eigenvalue weighted by Gasteiger charge is -2.26. The van der Waals surface area contributed by atoms with E-state index >= 15 is 0 Å². The van der Waals surface area contributed by atoms with Gasteiger partial charge in [0.25, 0.3) is 0 Å². The van der Waals surface area contributed by atoms with Crippen LogP contribution in [0.2, 0.25) is 0 Å². The monoisotopic (exact) mass is 278 g/mol. The van der Waals surface area contributed by atoms with Crippen molar-refractivity contribution in [3.8, 4) is 0 Å². The maximum absolute atomic E-state index is 13.2. The highest BCUT2D eigenvalue weighted by Crippen LogP contribution is 2.37. The van der Waals surface area contributed by atoms with Gasteiger partial charge in [-0.25, -0.2) is 4.39 Å². The second kappa shape index (κ2) is 6.34. The molecule has 1 rings (SSSR count). The molecule has 0 amide bonds. The summed E-state index contributed by atoms with van der Waals surface area (Å²) in [7, 11) is 0. The van der Waals surface area contributed by atoms with E-state index in [1.165, 1.54) is 0 Å². The molecule has 0 aromatic heterocycles. The van der Waals surface area contributed by atoms with Crippen LogP contribution in [0.15, 0.2) is 18.2 Å². The highest BCUT2D eigenvalue weighted by atomic mass is 19.4. The van der Waals surface area contributed by atoms with Crippen LogP contribution in [-0.4, -0.2) is 0 Å². The number of benzene rings is 1. The number of hydrogen-bond acceptors (Lipinski definition) is 2. The van der Waals surface area contributed by atoms with Gasteiger partial charge in [-0.05, 0) is 36.1 Å². The van der Waals surface area contributed by atoms with Gasteiger partial charge in [0, 0.05) is 6.04 Å². The van der Waals surface area contributed by atoms with Crippen LogP contribution in [0.3, 0.4) is 0 Å². The summed E-state index contributed by atoms with van der Waals surface area (Å²) in [6.07, 6.45) is -3.01. The van der Waals surface area contributed by atoms with Gasteiger partial charge in [0.1, 0.15) is 5.82 Å². The molecule has 1 aromatic rings. The lowest BCUT2D eigenvalue weighted by molar-refractivity contribution is -0.138. The van der Waals surface area contributed by atoms with Crippen LogP contribution >= 0.6 is 0 Å². The molecular formula is C13H18F4N2. The fourth-order valence-corrected chi connectivity index (χ4v) is 2.23. The fourth-order valence-electron chi connectivity index (χ4n) is 2.23. The van der Waals surface area contributed by atoms with E-state index < -0.39 is 23.6 Å². The molecule has 2 nitrogen and oxygen atoms in total. The van der Waals surface area contributed by atoms with Crippen molar-refractivity contribution in [3.05, 3.63) is 35.1 Å². The van der Waals surface area contributed by atoms with Crippen molar-refractivity contribution in [1.82, 2.24) is 5.43 Å². The summed E-state index contributed by atoms with van der Waals surface area (Å²) in [4.78, 5) is 0. The first-order chi connectivity index (χ1) is 8.81. The van der Waals surface area contributed by atoms with Crippen molar-refractivity contribution in [2.24, 2.45) is 11.8 Å². The minimum Gasteiger partial charge on any atom is -0.271 e. The van der Waals surface area contributed by atoms with Crippen LogP contribution in [0.4, 0.5) is 17.6 Å². The fraction of sp³-hybridized carbons (Fsp3) is 0.538. The molecule has 19 heavy (non-hydrogen) atoms. The molecular weight excluding hydrogens is 260 g/mol. The molecule has 2 unspecified atom stereocenters. The number of halogens is 4. The molecule has 0 radical (unpaired) electrons. The first-order valence-corrected chi connectivity index (χ1v) is 6.14. The predicted octanol–water partition coefficient (Wildman–Crippen LogP) is 3.79. The molecule has 0 saturated carbocycles. The van der Waals surface area contributed by atoms with Crippen LogP contribution in [0.5, 0.6) is 0 Å². The highest BCUT2D eigenvalue weighted by molar-refractivity contribution is 5.33. The Morgan fingerprint density at radius 2 is 1.95 bits per heavy atom. The van der Waals surface area contributed by atoms with Gasteiger partial charge in [-0.2, -0.15) is 13.2 Å². The summed E-state index contributed by atoms with van der Waals surface area (Å²) in [6, 6.07) is 1.74. The molecule has 0 saturated heterocycles. The Balaban J connectivity index is 3.25. The number of alkyl halides is 3. The van der Waals surface area contributed by atoms with Crippen LogP contribution in [0, 0.1) is 11.7 Å². The molecule has 0 aliphatic carbocycles. The predicted molar refractivity (Wildman–Crippen MR) is 65.5 cm³/mol. The zero-order valence-corrected chi connectivity index (χ0v) is 10.9. The Kier molecular flexibility index (Phi) is 5.31. The second-order valence-electron chi connectivity index (χ2n) is 4.64. The molecule has 3 N–H and O–H groups in total. The van der Waals surface area contributed by atoms with E-state index in [1.807, 2.05) is 6.92 Å². The minimum atomic E-state index is -4.52. The number of rotatable bonds is 5. The Hall–Kier alpha value is -1.14. The van der Waals surface area contributed by atoms with E-state index in [0.29, 0.717) is 6.42 Å². The Morgan fingerprint density at radius 1 is 1.32 bits per heavy atom. The molecule has 0 heterocycles. The molecule has 2 atom stereocenters. The molecule has 108 valence electrons. The minimum absolute atomic E-state index is 0.127. The van der Waals surface area contributed by atoms with Crippen molar-refractivity contribution < 1.29 is 17.6 Å². The van der Waals surface area contributed by atoms with Gasteiger partial charge < -0.3 is 0 Å². The van der Waals surface area contributed by atoms with E-state index in [0.717, 1.165) is 24.6 Å². The summed E-state index contributed by atoms with van der Waals surface area (Å²) in [5.74, 6) is 4.53. The summed E-state index contributed by atoms with van der Waals surface area (Å²) in [6.45, 7) is 3.72. The normalized spacial score (nSPS) is 15.3. The van der Waals surface area contributed by atoms with Crippen molar-refractivity contribution >= 4 is 0 Å². The number of nitrogens with one attached hydrogen (secondary N) is 1. The van der Waals surface area contributed by atoms with E-state index in [9.17, 15) is 17.6 Å². The standard InChI is InChI=1S/C13H18F4N2/c1-3-4-8(2)12(19-18)10-7-9(14)5-6-11(10)13(15,16)17/h5-8,12,19H,3-4,18H2,1-2H3. The number of hydrazine groups is 1. The van der Waals surface area contributed by atoms with Crippen LogP contribution in [0.25, 0.3) is 0 Å². The van der Waals surface area contributed by atoms with Crippen LogP contribution in [-0.2, 0) is 6.18 Å². The van der Waals surface area contributed by atoms with Gasteiger partial charge in [-0.15, -0.1) is 0 Å². The number of hydrogen-bond donors (Lipinski definition) is 2. The lowest BCUT2D eigenvalue weighted by Crippen LogP contribution is -2.34. The van der Waals surface area contributed by atoms with Crippen molar-refractivity contribution in [2.75, 3.05) is 0 Å². The van der Waals surface area contributed by atoms with Crippen LogP contribution in [0.1, 0.15) is 43.9 Å². The third-order valence-electron chi connectivity index (χ3n) is 3.15. The van der Waals surface area contributed by atoms with Gasteiger partial charge in [-0.3, -0.25) is 11.3 Å². The topological polar surface area (TPSA) is 38.0 Å². The zero-order chi connectivity index (χ0) is 14.6. The Labute approximate surface area is 110 Å². The van der Waals surface area contributed by atoms with Gasteiger partial charge in [0.05, 0.1) is 5.56 Å². The van der Waals surface area contributed by atoms with Crippen LogP contribution < -0.4 is 11.3 Å². The van der Waals surface area contributed by atoms with E-state index in [-0.39, 0.29) is 11.5 Å². The lowest BCUT2D eigenvalue weighted by atomic mass is 9.88. The van der Waals surface area contributed by atoms with Gasteiger partial charge >= 0.3 is 6.18 Å². The first kappa shape index (κ1) is 15.9. The summed E-state index contributed by atoms with van der Waals surface area (Å²) < 4.78 is 52.1. The van der Waals surface area contributed by atoms with Gasteiger partial charge in [-0.1, -0.05) is 20.3 Å². The van der Waals surface area contributed by atoms with Crippen molar-refractivity contribution in [2.45, 2.75) is 38.9 Å². The summed E-state index contributed by atoms with van der Waals surface area (Å²) in [5.41, 5.74) is 1.39. The molecule has 0 aliphatic heterocycles. The Bertz CT molecular complexity index is 418. The molecule has 6 heteroatoms. The third kappa shape index (κ3) is 3.91. The third-order valence-corrected chi connectivity index (χ3v) is 3.15. The average Bonchev–Trinajstić information content (AvgIpc) is 2.28. The van der Waals surface area contributed by atoms with E-state index in [2.05, 4.69) is 5.43 Å². The molecule has 0 aliphatic rings. The number of nitrogens with two attached hydrogens (primary N) is 1. The first-order valence-electron chi connectivity index (χ1n) is 6.14. The maximum atomic E-state index is 13.2. The average molecular weight is 278 g/mol. The SMILES string of the molecule is CCCC(C)C(NN)c1cc(F)ccc1C(F)(F)F. The van der Waals surface area contributed by atoms with Crippen molar-refractivity contribution in [3.63, 3.8) is 0 Å². The van der Waals surface area contributed by atoms with E-state index in [1.54, 1.807) is 6.92 Å². The highest BCUT2D eigenvalue weighted by Gasteiger charge is 2.36. The molecule has 0 spiro atoms. The molecule has 0 fully saturated rings. The zero-order valence-electron chi connectivity index (χ0n) is 10.9. The molecule has 1 aromatic carbocycles. The van der Waals surface area contributed by atoms with Crippen molar-refractivity contribution in [1.29, 1.82) is 0 Å². The maximum Gasteiger partial charge on any atom is 0.416 e.